The number of aromatic amines is 1. The summed E-state index contributed by atoms with van der Waals surface area (Å²) in [4.78, 5) is 28.8. The molecule has 1 amide bonds. The molecule has 6 heteroatoms. The first kappa shape index (κ1) is 17.2. The van der Waals surface area contributed by atoms with Crippen molar-refractivity contribution in [2.24, 2.45) is 0 Å². The molecule has 5 nitrogen and oxygen atoms in total. The lowest BCUT2D eigenvalue weighted by molar-refractivity contribution is 0.0775. The normalized spacial score (nSPS) is 10.6. The molecule has 0 aliphatic carbocycles. The molecular formula is C19H17BrN2O3. The highest BCUT2D eigenvalue weighted by Crippen LogP contribution is 2.17. The summed E-state index contributed by atoms with van der Waals surface area (Å²) in [6.07, 6.45) is 0. The summed E-state index contributed by atoms with van der Waals surface area (Å²) in [5.41, 5.74) is 0.755. The van der Waals surface area contributed by atoms with E-state index in [0.29, 0.717) is 24.2 Å². The SMILES string of the molecule is CN(CCOc1ccc(Br)cc1)C(=O)c1cc(=O)[nH]c2ccccc12. The molecule has 0 saturated heterocycles. The zero-order chi connectivity index (χ0) is 17.8. The van der Waals surface area contributed by atoms with Gasteiger partial charge >= 0.3 is 0 Å². The number of hydrogen-bond acceptors (Lipinski definition) is 3. The third kappa shape index (κ3) is 4.09. The van der Waals surface area contributed by atoms with Crippen molar-refractivity contribution in [1.29, 1.82) is 0 Å². The van der Waals surface area contributed by atoms with Gasteiger partial charge in [-0.05, 0) is 30.3 Å². The number of carbonyl (C=O) groups is 1. The number of fused-ring (bicyclic) bond motifs is 1. The minimum Gasteiger partial charge on any atom is -0.492 e. The van der Waals surface area contributed by atoms with Crippen LogP contribution in [-0.4, -0.2) is 36.0 Å². The molecule has 0 spiro atoms. The first-order valence-corrected chi connectivity index (χ1v) is 8.60. The predicted molar refractivity (Wildman–Crippen MR) is 101 cm³/mol. The van der Waals surface area contributed by atoms with Crippen LogP contribution in [0.25, 0.3) is 10.9 Å². The molecule has 0 fully saturated rings. The van der Waals surface area contributed by atoms with Crippen LogP contribution in [-0.2, 0) is 0 Å². The molecule has 2 aromatic carbocycles. The molecule has 0 aliphatic heterocycles. The molecule has 0 unspecified atom stereocenters. The van der Waals surface area contributed by atoms with Crippen molar-refractivity contribution >= 4 is 32.7 Å². The lowest BCUT2D eigenvalue weighted by atomic mass is 10.1. The van der Waals surface area contributed by atoms with Gasteiger partial charge in [0.1, 0.15) is 12.4 Å². The lowest BCUT2D eigenvalue weighted by Crippen LogP contribution is -2.31. The number of para-hydroxylation sites is 1. The molecule has 25 heavy (non-hydrogen) atoms. The number of halogens is 1. The Hall–Kier alpha value is -2.60. The highest BCUT2D eigenvalue weighted by atomic mass is 79.9. The molecule has 1 N–H and O–H groups in total. The summed E-state index contributed by atoms with van der Waals surface area (Å²) >= 11 is 3.37. The van der Waals surface area contributed by atoms with Crippen LogP contribution < -0.4 is 10.3 Å². The smallest absolute Gasteiger partial charge is 0.254 e. The minimum atomic E-state index is -0.290. The van der Waals surface area contributed by atoms with E-state index in [1.54, 1.807) is 18.0 Å². The summed E-state index contributed by atoms with van der Waals surface area (Å²) in [7, 11) is 1.70. The topological polar surface area (TPSA) is 62.4 Å². The molecule has 0 saturated carbocycles. The van der Waals surface area contributed by atoms with Crippen LogP contribution in [0.15, 0.2) is 63.9 Å². The maximum Gasteiger partial charge on any atom is 0.254 e. The first-order chi connectivity index (χ1) is 12.0. The summed E-state index contributed by atoms with van der Waals surface area (Å²) in [6, 6.07) is 16.1. The van der Waals surface area contributed by atoms with Crippen molar-refractivity contribution < 1.29 is 9.53 Å². The number of pyridine rings is 1. The van der Waals surface area contributed by atoms with E-state index in [0.717, 1.165) is 15.6 Å². The van der Waals surface area contributed by atoms with Crippen LogP contribution in [0.2, 0.25) is 0 Å². The maximum atomic E-state index is 12.7. The fourth-order valence-corrected chi connectivity index (χ4v) is 2.78. The molecular weight excluding hydrogens is 384 g/mol. The Labute approximate surface area is 153 Å². The largest absolute Gasteiger partial charge is 0.492 e. The van der Waals surface area contributed by atoms with Gasteiger partial charge in [-0.25, -0.2) is 0 Å². The van der Waals surface area contributed by atoms with Gasteiger partial charge in [-0.1, -0.05) is 34.1 Å². The van der Waals surface area contributed by atoms with Gasteiger partial charge in [-0.3, -0.25) is 9.59 Å². The molecule has 0 atom stereocenters. The average molecular weight is 401 g/mol. The predicted octanol–water partition coefficient (Wildman–Crippen LogP) is 3.44. The Bertz CT molecular complexity index is 951. The molecule has 0 radical (unpaired) electrons. The van der Waals surface area contributed by atoms with Gasteiger partial charge in [0.2, 0.25) is 5.56 Å². The Balaban J connectivity index is 1.70. The van der Waals surface area contributed by atoms with Crippen molar-refractivity contribution in [3.8, 4) is 5.75 Å². The number of nitrogens with zero attached hydrogens (tertiary/aromatic N) is 1. The van der Waals surface area contributed by atoms with Crippen LogP contribution in [0.3, 0.4) is 0 Å². The quantitative estimate of drug-likeness (QED) is 0.713. The molecule has 128 valence electrons. The van der Waals surface area contributed by atoms with E-state index in [2.05, 4.69) is 20.9 Å². The van der Waals surface area contributed by atoms with Crippen molar-refractivity contribution in [1.82, 2.24) is 9.88 Å². The Morgan fingerprint density at radius 3 is 2.64 bits per heavy atom. The van der Waals surface area contributed by atoms with Crippen molar-refractivity contribution in [2.75, 3.05) is 20.2 Å². The van der Waals surface area contributed by atoms with E-state index >= 15 is 0 Å². The van der Waals surface area contributed by atoms with Gasteiger partial charge in [0, 0.05) is 28.5 Å². The van der Waals surface area contributed by atoms with E-state index in [-0.39, 0.29) is 11.5 Å². The molecule has 1 heterocycles. The van der Waals surface area contributed by atoms with E-state index in [1.807, 2.05) is 42.5 Å². The van der Waals surface area contributed by atoms with Crippen molar-refractivity contribution in [3.63, 3.8) is 0 Å². The third-order valence-corrected chi connectivity index (χ3v) is 4.37. The molecule has 1 aromatic heterocycles. The zero-order valence-electron chi connectivity index (χ0n) is 13.7. The highest BCUT2D eigenvalue weighted by molar-refractivity contribution is 9.10. The maximum absolute atomic E-state index is 12.7. The molecule has 3 rings (SSSR count). The van der Waals surface area contributed by atoms with Crippen LogP contribution in [0, 0.1) is 0 Å². The Kier molecular flexibility index (Phi) is 5.19. The summed E-state index contributed by atoms with van der Waals surface area (Å²) in [6.45, 7) is 0.779. The number of benzene rings is 2. The van der Waals surface area contributed by atoms with E-state index in [4.69, 9.17) is 4.74 Å². The summed E-state index contributed by atoms with van der Waals surface area (Å²) in [5.74, 6) is 0.535. The van der Waals surface area contributed by atoms with Gasteiger partial charge in [-0.2, -0.15) is 0 Å². The standard InChI is InChI=1S/C19H17BrN2O3/c1-22(10-11-25-14-8-6-13(20)7-9-14)19(24)16-12-18(23)21-17-5-3-2-4-15(16)17/h2-9,12H,10-11H2,1H3,(H,21,23). The summed E-state index contributed by atoms with van der Waals surface area (Å²) < 4.78 is 6.63. The van der Waals surface area contributed by atoms with Crippen LogP contribution in [0.5, 0.6) is 5.75 Å². The number of ether oxygens (including phenoxy) is 1. The monoisotopic (exact) mass is 400 g/mol. The molecule has 0 aliphatic rings. The van der Waals surface area contributed by atoms with Crippen LogP contribution >= 0.6 is 15.9 Å². The van der Waals surface area contributed by atoms with Gasteiger partial charge in [0.25, 0.3) is 5.91 Å². The second kappa shape index (κ2) is 7.53. The second-order valence-corrected chi connectivity index (χ2v) is 6.54. The first-order valence-electron chi connectivity index (χ1n) is 7.80. The molecule has 3 aromatic rings. The van der Waals surface area contributed by atoms with Crippen molar-refractivity contribution in [2.45, 2.75) is 0 Å². The van der Waals surface area contributed by atoms with E-state index in [1.165, 1.54) is 6.07 Å². The van der Waals surface area contributed by atoms with Crippen LogP contribution in [0.4, 0.5) is 0 Å². The zero-order valence-corrected chi connectivity index (χ0v) is 15.2. The summed E-state index contributed by atoms with van der Waals surface area (Å²) in [5, 5.41) is 0.729. The number of rotatable bonds is 5. The minimum absolute atomic E-state index is 0.207. The number of H-pyrrole nitrogens is 1. The Morgan fingerprint density at radius 1 is 1.16 bits per heavy atom. The van der Waals surface area contributed by atoms with Crippen LogP contribution in [0.1, 0.15) is 10.4 Å². The lowest BCUT2D eigenvalue weighted by Gasteiger charge is -2.18. The van der Waals surface area contributed by atoms with Gasteiger partial charge in [0.15, 0.2) is 0 Å². The highest BCUT2D eigenvalue weighted by Gasteiger charge is 2.15. The number of likely N-dealkylation sites (N-methyl/N-ethyl adjacent to an activating group) is 1. The van der Waals surface area contributed by atoms with Gasteiger partial charge in [0.05, 0.1) is 12.1 Å². The fourth-order valence-electron chi connectivity index (χ4n) is 2.52. The number of carbonyl (C=O) groups excluding carboxylic acids is 1. The number of nitrogens with one attached hydrogen (secondary N) is 1. The second-order valence-electron chi connectivity index (χ2n) is 5.62. The fraction of sp³-hybridized carbons (Fsp3) is 0.158. The Morgan fingerprint density at radius 2 is 1.88 bits per heavy atom. The van der Waals surface area contributed by atoms with Gasteiger partial charge in [-0.15, -0.1) is 0 Å². The number of amides is 1. The van der Waals surface area contributed by atoms with E-state index in [9.17, 15) is 9.59 Å². The number of hydrogen-bond donors (Lipinski definition) is 1. The number of aromatic nitrogens is 1. The van der Waals surface area contributed by atoms with Gasteiger partial charge < -0.3 is 14.6 Å². The van der Waals surface area contributed by atoms with E-state index < -0.39 is 0 Å². The van der Waals surface area contributed by atoms with Crippen molar-refractivity contribution in [3.05, 3.63) is 75.0 Å². The average Bonchev–Trinajstić information content (AvgIpc) is 2.62. The third-order valence-electron chi connectivity index (χ3n) is 3.84. The molecule has 0 bridgehead atoms.